The second-order valence-corrected chi connectivity index (χ2v) is 4.02. The highest BCUT2D eigenvalue weighted by Gasteiger charge is 2.18. The number of aliphatic carboxylic acids is 1. The Morgan fingerprint density at radius 2 is 2.24 bits per heavy atom. The lowest BCUT2D eigenvalue weighted by Gasteiger charge is -2.07. The molecule has 0 bridgehead atoms. The number of pyridine rings is 1. The normalized spacial score (nSPS) is 12.6. The summed E-state index contributed by atoms with van der Waals surface area (Å²) < 4.78 is 13.2. The Morgan fingerprint density at radius 1 is 1.47 bits per heavy atom. The summed E-state index contributed by atoms with van der Waals surface area (Å²) >= 11 is 5.98. The van der Waals surface area contributed by atoms with Gasteiger partial charge in [-0.25, -0.2) is 9.18 Å². The van der Waals surface area contributed by atoms with Gasteiger partial charge < -0.3 is 5.11 Å². The Bertz CT molecular complexity index is 573. The van der Waals surface area contributed by atoms with Crippen LogP contribution >= 0.6 is 11.6 Å². The Kier molecular flexibility index (Phi) is 3.24. The Hall–Kier alpha value is -1.68. The zero-order chi connectivity index (χ0) is 12.4. The number of nitrogens with zero attached hydrogens (tertiary/aromatic N) is 1. The third kappa shape index (κ3) is 2.36. The number of carboxylic acid groups (broad SMARTS) is 1. The average molecular weight is 254 g/mol. The zero-order valence-electron chi connectivity index (χ0n) is 8.73. The Balaban J connectivity index is 2.48. The molecule has 1 heterocycles. The SMILES string of the molecule is O=C(O)C(F)Cc1ccc(Cl)c2cccnc12. The van der Waals surface area contributed by atoms with E-state index >= 15 is 0 Å². The van der Waals surface area contributed by atoms with Crippen LogP contribution in [0.3, 0.4) is 0 Å². The minimum atomic E-state index is -1.93. The molecule has 5 heteroatoms. The van der Waals surface area contributed by atoms with Crippen LogP contribution in [0.5, 0.6) is 0 Å². The first-order valence-corrected chi connectivity index (χ1v) is 5.36. The number of hydrogen-bond donors (Lipinski definition) is 1. The molecular formula is C12H9ClFNO2. The fourth-order valence-electron chi connectivity index (χ4n) is 1.64. The second kappa shape index (κ2) is 4.67. The van der Waals surface area contributed by atoms with Gasteiger partial charge in [0.25, 0.3) is 0 Å². The lowest BCUT2D eigenvalue weighted by atomic mass is 10.0. The van der Waals surface area contributed by atoms with Crippen molar-refractivity contribution in [2.24, 2.45) is 0 Å². The lowest BCUT2D eigenvalue weighted by molar-refractivity contribution is -0.142. The van der Waals surface area contributed by atoms with E-state index in [1.54, 1.807) is 30.5 Å². The van der Waals surface area contributed by atoms with Crippen molar-refractivity contribution >= 4 is 28.5 Å². The van der Waals surface area contributed by atoms with Crippen molar-refractivity contribution in [2.75, 3.05) is 0 Å². The van der Waals surface area contributed by atoms with Crippen molar-refractivity contribution < 1.29 is 14.3 Å². The summed E-state index contributed by atoms with van der Waals surface area (Å²) in [5, 5.41) is 9.76. The van der Waals surface area contributed by atoms with Gasteiger partial charge in [0, 0.05) is 23.0 Å². The van der Waals surface area contributed by atoms with E-state index < -0.39 is 12.1 Å². The second-order valence-electron chi connectivity index (χ2n) is 3.62. The van der Waals surface area contributed by atoms with Crippen molar-refractivity contribution in [3.05, 3.63) is 41.0 Å². The first kappa shape index (κ1) is 11.8. The lowest BCUT2D eigenvalue weighted by Crippen LogP contribution is -2.17. The molecule has 0 saturated carbocycles. The van der Waals surface area contributed by atoms with E-state index in [2.05, 4.69) is 4.98 Å². The van der Waals surface area contributed by atoms with Crippen LogP contribution in [0, 0.1) is 0 Å². The van der Waals surface area contributed by atoms with Gasteiger partial charge >= 0.3 is 5.97 Å². The molecule has 3 nitrogen and oxygen atoms in total. The summed E-state index contributed by atoms with van der Waals surface area (Å²) in [6.07, 6.45) is -0.572. The van der Waals surface area contributed by atoms with Gasteiger partial charge in [-0.15, -0.1) is 0 Å². The Morgan fingerprint density at radius 3 is 2.94 bits per heavy atom. The number of aromatic nitrogens is 1. The summed E-state index contributed by atoms with van der Waals surface area (Å²) in [4.78, 5) is 14.6. The number of fused-ring (bicyclic) bond motifs is 1. The molecule has 0 radical (unpaired) electrons. The highest BCUT2D eigenvalue weighted by molar-refractivity contribution is 6.35. The maximum Gasteiger partial charge on any atom is 0.338 e. The standard InChI is InChI=1S/C12H9ClFNO2/c13-9-4-3-7(6-10(14)12(16)17)11-8(9)2-1-5-15-11/h1-5,10H,6H2,(H,16,17). The topological polar surface area (TPSA) is 50.2 Å². The molecule has 0 aliphatic carbocycles. The van der Waals surface area contributed by atoms with Crippen LogP contribution in [0.25, 0.3) is 10.9 Å². The average Bonchev–Trinajstić information content (AvgIpc) is 2.33. The van der Waals surface area contributed by atoms with E-state index in [4.69, 9.17) is 16.7 Å². The summed E-state index contributed by atoms with van der Waals surface area (Å²) in [6, 6.07) is 6.72. The number of benzene rings is 1. The van der Waals surface area contributed by atoms with E-state index in [-0.39, 0.29) is 6.42 Å². The summed E-state index contributed by atoms with van der Waals surface area (Å²) in [7, 11) is 0. The molecule has 1 atom stereocenters. The number of alkyl halides is 1. The molecule has 2 rings (SSSR count). The van der Waals surface area contributed by atoms with Crippen LogP contribution in [0.15, 0.2) is 30.5 Å². The fourth-order valence-corrected chi connectivity index (χ4v) is 1.86. The fraction of sp³-hybridized carbons (Fsp3) is 0.167. The number of halogens is 2. The van der Waals surface area contributed by atoms with Crippen LogP contribution in [0.1, 0.15) is 5.56 Å². The van der Waals surface area contributed by atoms with E-state index in [0.29, 0.717) is 21.5 Å². The summed E-state index contributed by atoms with van der Waals surface area (Å²) in [5.74, 6) is -1.47. The molecule has 17 heavy (non-hydrogen) atoms. The van der Waals surface area contributed by atoms with Gasteiger partial charge in [-0.3, -0.25) is 4.98 Å². The summed E-state index contributed by atoms with van der Waals surface area (Å²) in [5.41, 5.74) is 1.09. The number of carboxylic acids is 1. The minimum Gasteiger partial charge on any atom is -0.479 e. The van der Waals surface area contributed by atoms with E-state index in [1.165, 1.54) is 0 Å². The molecule has 0 saturated heterocycles. The van der Waals surface area contributed by atoms with Gasteiger partial charge in [0.05, 0.1) is 5.52 Å². The van der Waals surface area contributed by atoms with Gasteiger partial charge in [-0.1, -0.05) is 17.7 Å². The molecule has 1 unspecified atom stereocenters. The largest absolute Gasteiger partial charge is 0.479 e. The van der Waals surface area contributed by atoms with Crippen molar-refractivity contribution in [2.45, 2.75) is 12.6 Å². The van der Waals surface area contributed by atoms with E-state index in [0.717, 1.165) is 0 Å². The molecule has 0 amide bonds. The molecule has 1 N–H and O–H groups in total. The van der Waals surface area contributed by atoms with Gasteiger partial charge in [-0.05, 0) is 23.8 Å². The third-order valence-corrected chi connectivity index (χ3v) is 2.80. The highest BCUT2D eigenvalue weighted by atomic mass is 35.5. The van der Waals surface area contributed by atoms with Crippen molar-refractivity contribution in [1.82, 2.24) is 4.98 Å². The van der Waals surface area contributed by atoms with Gasteiger partial charge in [-0.2, -0.15) is 0 Å². The van der Waals surface area contributed by atoms with Gasteiger partial charge in [0.15, 0.2) is 0 Å². The molecule has 0 spiro atoms. The smallest absolute Gasteiger partial charge is 0.338 e. The summed E-state index contributed by atoms with van der Waals surface area (Å²) in [6.45, 7) is 0. The van der Waals surface area contributed by atoms with Crippen molar-refractivity contribution in [3.63, 3.8) is 0 Å². The van der Waals surface area contributed by atoms with E-state index in [1.807, 2.05) is 0 Å². The van der Waals surface area contributed by atoms with Crippen LogP contribution in [-0.2, 0) is 11.2 Å². The molecule has 2 aromatic rings. The predicted octanol–water partition coefficient (Wildman–Crippen LogP) is 2.85. The van der Waals surface area contributed by atoms with Crippen LogP contribution < -0.4 is 0 Å². The number of hydrogen-bond acceptors (Lipinski definition) is 2. The van der Waals surface area contributed by atoms with Crippen LogP contribution in [0.2, 0.25) is 5.02 Å². The van der Waals surface area contributed by atoms with Crippen LogP contribution in [-0.4, -0.2) is 22.2 Å². The predicted molar refractivity (Wildman–Crippen MR) is 63.0 cm³/mol. The maximum absolute atomic E-state index is 13.2. The number of rotatable bonds is 3. The molecule has 0 fully saturated rings. The molecule has 0 aliphatic heterocycles. The van der Waals surface area contributed by atoms with Crippen molar-refractivity contribution in [3.8, 4) is 0 Å². The monoisotopic (exact) mass is 253 g/mol. The first-order valence-electron chi connectivity index (χ1n) is 4.98. The molecule has 1 aromatic heterocycles. The highest BCUT2D eigenvalue weighted by Crippen LogP contribution is 2.25. The van der Waals surface area contributed by atoms with Crippen molar-refractivity contribution in [1.29, 1.82) is 0 Å². The van der Waals surface area contributed by atoms with Gasteiger partial charge in [0.1, 0.15) is 0 Å². The quantitative estimate of drug-likeness (QED) is 0.915. The Labute approximate surface area is 102 Å². The first-order chi connectivity index (χ1) is 8.09. The molecule has 88 valence electrons. The molecular weight excluding hydrogens is 245 g/mol. The minimum absolute atomic E-state index is 0.208. The molecule has 0 aliphatic rings. The maximum atomic E-state index is 13.2. The van der Waals surface area contributed by atoms with Crippen LogP contribution in [0.4, 0.5) is 4.39 Å². The molecule has 1 aromatic carbocycles. The third-order valence-electron chi connectivity index (χ3n) is 2.47. The van der Waals surface area contributed by atoms with E-state index in [9.17, 15) is 9.18 Å². The zero-order valence-corrected chi connectivity index (χ0v) is 9.49. The van der Waals surface area contributed by atoms with Gasteiger partial charge in [0.2, 0.25) is 6.17 Å². The number of carbonyl (C=O) groups is 1.